The first kappa shape index (κ1) is 23.6. The van der Waals surface area contributed by atoms with E-state index in [0.29, 0.717) is 22.7 Å². The molecule has 5 rings (SSSR count). The third-order valence-electron chi connectivity index (χ3n) is 5.95. The zero-order valence-corrected chi connectivity index (χ0v) is 19.1. The summed E-state index contributed by atoms with van der Waals surface area (Å²) in [5.41, 5.74) is 4.53. The molecule has 184 valence electrons. The normalized spacial score (nSPS) is 15.6. The highest BCUT2D eigenvalue weighted by molar-refractivity contribution is 6.06. The van der Waals surface area contributed by atoms with Crippen molar-refractivity contribution < 1.29 is 23.1 Å². The number of anilines is 1. The van der Waals surface area contributed by atoms with Crippen LogP contribution in [0.1, 0.15) is 33.1 Å². The van der Waals surface area contributed by atoms with Crippen molar-refractivity contribution in [3.05, 3.63) is 101 Å². The number of nitrogens with one attached hydrogen (secondary N) is 2. The topological polar surface area (TPSA) is 81.9 Å². The largest absolute Gasteiger partial charge is 0.416 e. The van der Waals surface area contributed by atoms with E-state index in [1.807, 2.05) is 30.3 Å². The molecule has 1 amide bonds. The standard InChI is InChI=1S/C26H22F3N5O2/c1-33-11-10-21(32-33)19-14-18(7-8-20(19)26(27,28)29)25(36)31-24-23(17-5-3-2-4-6-17)30-22-13-16(15-35)9-12-34(22)24/h2-14,21,32,35H,15H2,1H3,(H,31,36). The molecule has 10 heteroatoms. The van der Waals surface area contributed by atoms with E-state index < -0.39 is 23.7 Å². The second kappa shape index (κ2) is 9.14. The van der Waals surface area contributed by atoms with Gasteiger partial charge in [-0.2, -0.15) is 13.2 Å². The Bertz CT molecular complexity index is 1460. The van der Waals surface area contributed by atoms with E-state index in [9.17, 15) is 23.1 Å². The molecule has 0 bridgehead atoms. The van der Waals surface area contributed by atoms with Gasteiger partial charge in [0.05, 0.1) is 18.2 Å². The van der Waals surface area contributed by atoms with Gasteiger partial charge in [0, 0.05) is 30.6 Å². The average molecular weight is 493 g/mol. The Labute approximate surface area is 204 Å². The fraction of sp³-hybridized carbons (Fsp3) is 0.154. The van der Waals surface area contributed by atoms with Gasteiger partial charge in [-0.05, 0) is 47.5 Å². The summed E-state index contributed by atoms with van der Waals surface area (Å²) in [7, 11) is 1.68. The second-order valence-corrected chi connectivity index (χ2v) is 8.41. The molecule has 0 radical (unpaired) electrons. The maximum Gasteiger partial charge on any atom is 0.416 e. The van der Waals surface area contributed by atoms with Crippen molar-refractivity contribution in [2.24, 2.45) is 0 Å². The van der Waals surface area contributed by atoms with Gasteiger partial charge < -0.3 is 15.4 Å². The van der Waals surface area contributed by atoms with Crippen LogP contribution in [-0.4, -0.2) is 32.5 Å². The predicted molar refractivity (Wildman–Crippen MR) is 129 cm³/mol. The van der Waals surface area contributed by atoms with Crippen molar-refractivity contribution in [2.45, 2.75) is 18.8 Å². The number of carbonyl (C=O) groups excluding carboxylic acids is 1. The van der Waals surface area contributed by atoms with Crippen molar-refractivity contribution >= 4 is 17.4 Å². The van der Waals surface area contributed by atoms with Crippen LogP contribution >= 0.6 is 0 Å². The molecule has 2 aromatic heterocycles. The third kappa shape index (κ3) is 4.43. The smallest absolute Gasteiger partial charge is 0.392 e. The molecule has 0 saturated heterocycles. The van der Waals surface area contributed by atoms with E-state index in [2.05, 4.69) is 15.7 Å². The number of aliphatic hydroxyl groups excluding tert-OH is 1. The summed E-state index contributed by atoms with van der Waals surface area (Å²) >= 11 is 0. The molecule has 0 spiro atoms. The van der Waals surface area contributed by atoms with Gasteiger partial charge in [-0.1, -0.05) is 30.3 Å². The Morgan fingerprint density at radius 3 is 2.58 bits per heavy atom. The Balaban J connectivity index is 1.56. The number of pyridine rings is 1. The molecular weight excluding hydrogens is 471 g/mol. The lowest BCUT2D eigenvalue weighted by molar-refractivity contribution is -0.138. The molecule has 1 unspecified atom stereocenters. The van der Waals surface area contributed by atoms with Crippen LogP contribution in [-0.2, 0) is 12.8 Å². The molecule has 36 heavy (non-hydrogen) atoms. The van der Waals surface area contributed by atoms with Crippen molar-refractivity contribution in [2.75, 3.05) is 12.4 Å². The molecule has 1 aliphatic heterocycles. The maximum absolute atomic E-state index is 13.7. The van der Waals surface area contributed by atoms with Gasteiger partial charge >= 0.3 is 6.18 Å². The highest BCUT2D eigenvalue weighted by atomic mass is 19.4. The monoisotopic (exact) mass is 493 g/mol. The van der Waals surface area contributed by atoms with Crippen LogP contribution in [0.15, 0.2) is 79.1 Å². The number of imidazole rings is 1. The van der Waals surface area contributed by atoms with Crippen LogP contribution in [0, 0.1) is 0 Å². The van der Waals surface area contributed by atoms with Crippen LogP contribution in [0.5, 0.6) is 0 Å². The van der Waals surface area contributed by atoms with Crippen LogP contribution < -0.4 is 10.7 Å². The van der Waals surface area contributed by atoms with Crippen LogP contribution in [0.25, 0.3) is 16.9 Å². The van der Waals surface area contributed by atoms with Gasteiger partial charge in [0.15, 0.2) is 0 Å². The number of rotatable bonds is 5. The number of aromatic nitrogens is 2. The predicted octanol–water partition coefficient (Wildman–Crippen LogP) is 4.77. The van der Waals surface area contributed by atoms with E-state index in [1.165, 1.54) is 12.1 Å². The van der Waals surface area contributed by atoms with Gasteiger partial charge in [-0.3, -0.25) is 9.20 Å². The molecular formula is C26H22F3N5O2. The first-order valence-corrected chi connectivity index (χ1v) is 11.1. The molecule has 1 aliphatic rings. The number of carbonyl (C=O) groups is 1. The summed E-state index contributed by atoms with van der Waals surface area (Å²) in [5, 5.41) is 13.9. The fourth-order valence-electron chi connectivity index (χ4n) is 4.19. The molecule has 0 aliphatic carbocycles. The lowest BCUT2D eigenvalue weighted by atomic mass is 9.97. The number of hydrogen-bond donors (Lipinski definition) is 3. The SMILES string of the molecule is CN1C=CC(c2cc(C(=O)Nc3c(-c4ccccc4)nc4cc(CO)ccn34)ccc2C(F)(F)F)N1. The quantitative estimate of drug-likeness (QED) is 0.373. The first-order chi connectivity index (χ1) is 17.2. The zero-order chi connectivity index (χ0) is 25.4. The van der Waals surface area contributed by atoms with Gasteiger partial charge in [-0.25, -0.2) is 10.4 Å². The van der Waals surface area contributed by atoms with E-state index in [0.717, 1.165) is 11.6 Å². The summed E-state index contributed by atoms with van der Waals surface area (Å²) in [6.07, 6.45) is 0.330. The molecule has 2 aromatic carbocycles. The summed E-state index contributed by atoms with van der Waals surface area (Å²) in [6, 6.07) is 15.2. The van der Waals surface area contributed by atoms with E-state index in [1.54, 1.807) is 47.1 Å². The minimum Gasteiger partial charge on any atom is -0.392 e. The van der Waals surface area contributed by atoms with E-state index in [4.69, 9.17) is 0 Å². The summed E-state index contributed by atoms with van der Waals surface area (Å²) < 4.78 is 42.8. The minimum absolute atomic E-state index is 0.0511. The van der Waals surface area contributed by atoms with Crippen LogP contribution in [0.3, 0.4) is 0 Å². The number of alkyl halides is 3. The first-order valence-electron chi connectivity index (χ1n) is 11.1. The number of aliphatic hydroxyl groups is 1. The number of halogens is 3. The molecule has 0 saturated carbocycles. The fourth-order valence-corrected chi connectivity index (χ4v) is 4.19. The lowest BCUT2D eigenvalue weighted by Crippen LogP contribution is -2.28. The molecule has 4 aromatic rings. The van der Waals surface area contributed by atoms with Gasteiger partial charge in [0.2, 0.25) is 0 Å². The Hall–Kier alpha value is -4.15. The van der Waals surface area contributed by atoms with Gasteiger partial charge in [0.1, 0.15) is 17.2 Å². The average Bonchev–Trinajstić information content (AvgIpc) is 3.46. The number of fused-ring (bicyclic) bond motifs is 1. The van der Waals surface area contributed by atoms with E-state index >= 15 is 0 Å². The van der Waals surface area contributed by atoms with E-state index in [-0.39, 0.29) is 17.7 Å². The lowest BCUT2D eigenvalue weighted by Gasteiger charge is -2.20. The van der Waals surface area contributed by atoms with Crippen molar-refractivity contribution in [3.8, 4) is 11.3 Å². The van der Waals surface area contributed by atoms with Crippen molar-refractivity contribution in [3.63, 3.8) is 0 Å². The molecule has 7 nitrogen and oxygen atoms in total. The Kier molecular flexibility index (Phi) is 5.99. The van der Waals surface area contributed by atoms with Crippen molar-refractivity contribution in [1.82, 2.24) is 19.8 Å². The summed E-state index contributed by atoms with van der Waals surface area (Å²) in [6.45, 7) is -0.168. The Morgan fingerprint density at radius 1 is 1.14 bits per heavy atom. The molecule has 0 fully saturated rings. The highest BCUT2D eigenvalue weighted by Crippen LogP contribution is 2.37. The molecule has 1 atom stereocenters. The summed E-state index contributed by atoms with van der Waals surface area (Å²) in [5.74, 6) is -0.212. The number of hydrogen-bond acceptors (Lipinski definition) is 5. The zero-order valence-electron chi connectivity index (χ0n) is 19.1. The highest BCUT2D eigenvalue weighted by Gasteiger charge is 2.36. The van der Waals surface area contributed by atoms with Crippen LogP contribution in [0.4, 0.5) is 19.0 Å². The number of nitrogens with zero attached hydrogens (tertiary/aromatic N) is 3. The molecule has 3 heterocycles. The Morgan fingerprint density at radius 2 is 1.92 bits per heavy atom. The van der Waals surface area contributed by atoms with Crippen molar-refractivity contribution in [1.29, 1.82) is 0 Å². The van der Waals surface area contributed by atoms with Gasteiger partial charge in [-0.15, -0.1) is 0 Å². The number of amides is 1. The van der Waals surface area contributed by atoms with Gasteiger partial charge in [0.25, 0.3) is 5.91 Å². The summed E-state index contributed by atoms with van der Waals surface area (Å²) in [4.78, 5) is 18.0. The maximum atomic E-state index is 13.7. The van der Waals surface area contributed by atoms with Crippen LogP contribution in [0.2, 0.25) is 0 Å². The minimum atomic E-state index is -4.58. The molecule has 3 N–H and O–H groups in total. The number of hydrazine groups is 1. The third-order valence-corrected chi connectivity index (χ3v) is 5.95. The number of benzene rings is 2. The second-order valence-electron chi connectivity index (χ2n) is 8.41.